The maximum Gasteiger partial charge on any atom is 0.161 e. The van der Waals surface area contributed by atoms with Gasteiger partial charge in [-0.2, -0.15) is 5.10 Å². The van der Waals surface area contributed by atoms with Crippen molar-refractivity contribution in [1.29, 1.82) is 0 Å². The zero-order valence-corrected chi connectivity index (χ0v) is 11.7. The zero-order valence-electron chi connectivity index (χ0n) is 9.35. The standard InChI is InChI=1S/C13H9BrClN3/c14-10-7-16-18(8-10)13-12-4-2-1-3-9(12)5-11(6-15)17-13/h1-5,7-8H,6H2. The van der Waals surface area contributed by atoms with Gasteiger partial charge >= 0.3 is 0 Å². The van der Waals surface area contributed by atoms with E-state index in [9.17, 15) is 0 Å². The van der Waals surface area contributed by atoms with Crippen molar-refractivity contribution in [2.24, 2.45) is 0 Å². The Labute approximate surface area is 118 Å². The van der Waals surface area contributed by atoms with Crippen molar-refractivity contribution in [3.63, 3.8) is 0 Å². The lowest BCUT2D eigenvalue weighted by Gasteiger charge is -2.07. The van der Waals surface area contributed by atoms with E-state index < -0.39 is 0 Å². The first-order chi connectivity index (χ1) is 8.78. The van der Waals surface area contributed by atoms with Gasteiger partial charge in [-0.1, -0.05) is 24.3 Å². The number of rotatable bonds is 2. The summed E-state index contributed by atoms with van der Waals surface area (Å²) in [6.07, 6.45) is 3.62. The van der Waals surface area contributed by atoms with E-state index in [-0.39, 0.29) is 0 Å². The van der Waals surface area contributed by atoms with E-state index in [0.717, 1.165) is 26.8 Å². The Bertz CT molecular complexity index is 708. The third kappa shape index (κ3) is 2.02. The molecule has 3 aromatic rings. The van der Waals surface area contributed by atoms with Crippen LogP contribution in [0, 0.1) is 0 Å². The number of hydrogen-bond donors (Lipinski definition) is 0. The number of aromatic nitrogens is 3. The van der Waals surface area contributed by atoms with E-state index in [1.54, 1.807) is 10.9 Å². The molecular formula is C13H9BrClN3. The first-order valence-corrected chi connectivity index (χ1v) is 6.76. The Morgan fingerprint density at radius 1 is 1.28 bits per heavy atom. The van der Waals surface area contributed by atoms with Gasteiger partial charge in [-0.05, 0) is 27.4 Å². The van der Waals surface area contributed by atoms with Crippen LogP contribution in [-0.4, -0.2) is 14.8 Å². The predicted molar refractivity (Wildman–Crippen MR) is 76.1 cm³/mol. The normalized spacial score (nSPS) is 11.0. The second-order valence-corrected chi connectivity index (χ2v) is 5.08. The van der Waals surface area contributed by atoms with Gasteiger partial charge < -0.3 is 0 Å². The molecule has 0 N–H and O–H groups in total. The zero-order chi connectivity index (χ0) is 12.5. The lowest BCUT2D eigenvalue weighted by molar-refractivity contribution is 0.849. The highest BCUT2D eigenvalue weighted by molar-refractivity contribution is 9.10. The Balaban J connectivity index is 2.32. The largest absolute Gasteiger partial charge is 0.232 e. The molecule has 0 amide bonds. The molecule has 0 fully saturated rings. The van der Waals surface area contributed by atoms with Gasteiger partial charge in [-0.3, -0.25) is 0 Å². The van der Waals surface area contributed by atoms with Gasteiger partial charge in [0.2, 0.25) is 0 Å². The summed E-state index contributed by atoms with van der Waals surface area (Å²) < 4.78 is 2.67. The lowest BCUT2D eigenvalue weighted by atomic mass is 10.1. The van der Waals surface area contributed by atoms with Crippen molar-refractivity contribution in [2.45, 2.75) is 5.88 Å². The summed E-state index contributed by atoms with van der Waals surface area (Å²) >= 11 is 9.28. The molecule has 0 aliphatic heterocycles. The first kappa shape index (κ1) is 11.7. The maximum absolute atomic E-state index is 5.89. The predicted octanol–water partition coefficient (Wildman–Crippen LogP) is 3.92. The van der Waals surface area contributed by atoms with Crippen LogP contribution >= 0.6 is 27.5 Å². The third-order valence-corrected chi connectivity index (χ3v) is 3.36. The van der Waals surface area contributed by atoms with Gasteiger partial charge in [-0.15, -0.1) is 11.6 Å². The second kappa shape index (κ2) is 4.71. The van der Waals surface area contributed by atoms with Crippen molar-refractivity contribution in [2.75, 3.05) is 0 Å². The van der Waals surface area contributed by atoms with Gasteiger partial charge in [0.15, 0.2) is 5.82 Å². The second-order valence-electron chi connectivity index (χ2n) is 3.90. The minimum absolute atomic E-state index is 0.389. The number of benzene rings is 1. The number of pyridine rings is 1. The fourth-order valence-corrected chi connectivity index (χ4v) is 2.32. The fourth-order valence-electron chi connectivity index (χ4n) is 1.89. The summed E-state index contributed by atoms with van der Waals surface area (Å²) in [5.74, 6) is 1.19. The van der Waals surface area contributed by atoms with Gasteiger partial charge in [0.05, 0.1) is 22.2 Å². The molecule has 18 heavy (non-hydrogen) atoms. The summed E-state index contributed by atoms with van der Waals surface area (Å²) in [6.45, 7) is 0. The molecule has 0 saturated carbocycles. The van der Waals surface area contributed by atoms with Crippen LogP contribution in [0.25, 0.3) is 16.6 Å². The molecule has 3 rings (SSSR count). The quantitative estimate of drug-likeness (QED) is 0.669. The lowest BCUT2D eigenvalue weighted by Crippen LogP contribution is -2.01. The van der Waals surface area contributed by atoms with Gasteiger partial charge in [0.1, 0.15) is 0 Å². The van der Waals surface area contributed by atoms with Crippen molar-refractivity contribution in [1.82, 2.24) is 14.8 Å². The van der Waals surface area contributed by atoms with Gasteiger partial charge in [0, 0.05) is 11.6 Å². The van der Waals surface area contributed by atoms with Crippen molar-refractivity contribution in [3.05, 3.63) is 52.9 Å². The summed E-state index contributed by atoms with van der Waals surface area (Å²) in [6, 6.07) is 10.1. The van der Waals surface area contributed by atoms with Gasteiger partial charge in [-0.25, -0.2) is 9.67 Å². The minimum Gasteiger partial charge on any atom is -0.232 e. The average molecular weight is 323 g/mol. The molecule has 0 aliphatic rings. The molecule has 0 unspecified atom stereocenters. The molecule has 5 heteroatoms. The summed E-state index contributed by atoms with van der Waals surface area (Å²) in [4.78, 5) is 4.55. The Kier molecular flexibility index (Phi) is 3.06. The summed E-state index contributed by atoms with van der Waals surface area (Å²) in [5.41, 5.74) is 0.844. The van der Waals surface area contributed by atoms with Crippen LogP contribution in [0.1, 0.15) is 5.69 Å². The number of alkyl halides is 1. The summed E-state index contributed by atoms with van der Waals surface area (Å²) in [5, 5.41) is 6.45. The van der Waals surface area contributed by atoms with Gasteiger partial charge in [0.25, 0.3) is 0 Å². The molecule has 1 aromatic carbocycles. The van der Waals surface area contributed by atoms with Crippen LogP contribution < -0.4 is 0 Å². The fraction of sp³-hybridized carbons (Fsp3) is 0.0769. The van der Waals surface area contributed by atoms with E-state index in [1.807, 2.05) is 30.5 Å². The van der Waals surface area contributed by atoms with Crippen LogP contribution in [-0.2, 0) is 5.88 Å². The summed E-state index contributed by atoms with van der Waals surface area (Å²) in [7, 11) is 0. The van der Waals surface area contributed by atoms with Crippen LogP contribution in [0.3, 0.4) is 0 Å². The average Bonchev–Trinajstić information content (AvgIpc) is 2.84. The Morgan fingerprint density at radius 2 is 2.11 bits per heavy atom. The minimum atomic E-state index is 0.389. The molecule has 2 aromatic heterocycles. The van der Waals surface area contributed by atoms with E-state index in [1.165, 1.54) is 0 Å². The van der Waals surface area contributed by atoms with E-state index in [0.29, 0.717) is 5.88 Å². The Hall–Kier alpha value is -1.39. The molecule has 0 spiro atoms. The molecule has 2 heterocycles. The molecule has 3 nitrogen and oxygen atoms in total. The number of halogens is 2. The number of nitrogens with zero attached hydrogens (tertiary/aromatic N) is 3. The smallest absolute Gasteiger partial charge is 0.161 e. The van der Waals surface area contributed by atoms with Crippen LogP contribution in [0.4, 0.5) is 0 Å². The van der Waals surface area contributed by atoms with Crippen LogP contribution in [0.15, 0.2) is 47.2 Å². The van der Waals surface area contributed by atoms with Crippen molar-refractivity contribution < 1.29 is 0 Å². The highest BCUT2D eigenvalue weighted by Gasteiger charge is 2.08. The molecule has 0 atom stereocenters. The molecule has 0 aliphatic carbocycles. The highest BCUT2D eigenvalue weighted by Crippen LogP contribution is 2.23. The highest BCUT2D eigenvalue weighted by atomic mass is 79.9. The molecule has 0 radical (unpaired) electrons. The SMILES string of the molecule is ClCc1cc2ccccc2c(-n2cc(Br)cn2)n1. The molecular weight excluding hydrogens is 314 g/mol. The van der Waals surface area contributed by atoms with Crippen LogP contribution in [0.2, 0.25) is 0 Å². The number of fused-ring (bicyclic) bond motifs is 1. The maximum atomic E-state index is 5.89. The Morgan fingerprint density at radius 3 is 2.83 bits per heavy atom. The molecule has 0 bridgehead atoms. The third-order valence-electron chi connectivity index (χ3n) is 2.68. The topological polar surface area (TPSA) is 30.7 Å². The number of hydrogen-bond acceptors (Lipinski definition) is 2. The van der Waals surface area contributed by atoms with E-state index in [2.05, 4.69) is 32.1 Å². The monoisotopic (exact) mass is 321 g/mol. The van der Waals surface area contributed by atoms with Crippen molar-refractivity contribution >= 4 is 38.3 Å². The van der Waals surface area contributed by atoms with Crippen LogP contribution in [0.5, 0.6) is 0 Å². The van der Waals surface area contributed by atoms with Crippen molar-refractivity contribution in [3.8, 4) is 5.82 Å². The van der Waals surface area contributed by atoms with E-state index >= 15 is 0 Å². The van der Waals surface area contributed by atoms with E-state index in [4.69, 9.17) is 11.6 Å². The molecule has 0 saturated heterocycles. The first-order valence-electron chi connectivity index (χ1n) is 5.43. The molecule has 90 valence electrons.